The average molecular weight is 250 g/mol. The van der Waals surface area contributed by atoms with Crippen molar-refractivity contribution in [2.45, 2.75) is 27.2 Å². The Morgan fingerprint density at radius 1 is 1.44 bits per heavy atom. The number of carbonyl (C=O) groups is 1. The molecule has 0 aromatic carbocycles. The number of pyridine rings is 1. The Hall–Kier alpha value is -1.45. The molecule has 2 rings (SSSR count). The van der Waals surface area contributed by atoms with Gasteiger partial charge in [-0.25, -0.2) is 4.98 Å². The number of halogens is 1. The molecule has 0 radical (unpaired) electrons. The SMILES string of the molecule is CC(C)(C)C1CCN(C(=O)c2cccc(F)n2)C1. The number of rotatable bonds is 1. The lowest BCUT2D eigenvalue weighted by molar-refractivity contribution is 0.0769. The third kappa shape index (κ3) is 2.68. The van der Waals surface area contributed by atoms with Gasteiger partial charge in [0.2, 0.25) is 5.95 Å². The van der Waals surface area contributed by atoms with Crippen molar-refractivity contribution in [3.05, 3.63) is 29.8 Å². The van der Waals surface area contributed by atoms with Crippen molar-refractivity contribution in [1.29, 1.82) is 0 Å². The van der Waals surface area contributed by atoms with Gasteiger partial charge in [-0.2, -0.15) is 4.39 Å². The number of amides is 1. The first-order valence-corrected chi connectivity index (χ1v) is 6.30. The van der Waals surface area contributed by atoms with Crippen LogP contribution in [0.3, 0.4) is 0 Å². The zero-order valence-electron chi connectivity index (χ0n) is 11.1. The van der Waals surface area contributed by atoms with Gasteiger partial charge in [0.1, 0.15) is 5.69 Å². The van der Waals surface area contributed by atoms with Crippen LogP contribution in [-0.4, -0.2) is 28.9 Å². The number of aromatic nitrogens is 1. The molecule has 1 unspecified atom stereocenters. The normalized spacial score (nSPS) is 20.2. The van der Waals surface area contributed by atoms with Crippen LogP contribution in [0.4, 0.5) is 4.39 Å². The number of carbonyl (C=O) groups excluding carboxylic acids is 1. The standard InChI is InChI=1S/C14H19FN2O/c1-14(2,3)10-7-8-17(9-10)13(18)11-5-4-6-12(15)16-11/h4-6,10H,7-9H2,1-3H3. The van der Waals surface area contributed by atoms with Crippen molar-refractivity contribution in [1.82, 2.24) is 9.88 Å². The molecule has 1 aliphatic heterocycles. The molecule has 1 saturated heterocycles. The van der Waals surface area contributed by atoms with Gasteiger partial charge in [-0.15, -0.1) is 0 Å². The Kier molecular flexibility index (Phi) is 3.37. The minimum absolute atomic E-state index is 0.166. The molecule has 0 bridgehead atoms. The van der Waals surface area contributed by atoms with Gasteiger partial charge < -0.3 is 4.90 Å². The number of hydrogen-bond donors (Lipinski definition) is 0. The van der Waals surface area contributed by atoms with E-state index in [1.54, 1.807) is 11.0 Å². The van der Waals surface area contributed by atoms with E-state index in [1.165, 1.54) is 12.1 Å². The summed E-state index contributed by atoms with van der Waals surface area (Å²) in [6.07, 6.45) is 1.00. The van der Waals surface area contributed by atoms with E-state index in [2.05, 4.69) is 25.8 Å². The summed E-state index contributed by atoms with van der Waals surface area (Å²) in [5.41, 5.74) is 0.397. The molecule has 18 heavy (non-hydrogen) atoms. The minimum Gasteiger partial charge on any atom is -0.337 e. The largest absolute Gasteiger partial charge is 0.337 e. The molecule has 0 aliphatic carbocycles. The molecule has 3 nitrogen and oxygen atoms in total. The Bertz CT molecular complexity index is 453. The lowest BCUT2D eigenvalue weighted by Crippen LogP contribution is -2.31. The van der Waals surface area contributed by atoms with E-state index in [-0.39, 0.29) is 17.0 Å². The summed E-state index contributed by atoms with van der Waals surface area (Å²) in [5, 5.41) is 0. The molecule has 98 valence electrons. The molecule has 1 aromatic heterocycles. The molecular weight excluding hydrogens is 231 g/mol. The van der Waals surface area contributed by atoms with Crippen LogP contribution in [-0.2, 0) is 0 Å². The fourth-order valence-electron chi connectivity index (χ4n) is 2.34. The molecule has 0 saturated carbocycles. The predicted octanol–water partition coefficient (Wildman–Crippen LogP) is 2.73. The summed E-state index contributed by atoms with van der Waals surface area (Å²) >= 11 is 0. The van der Waals surface area contributed by atoms with Crippen molar-refractivity contribution < 1.29 is 9.18 Å². The smallest absolute Gasteiger partial charge is 0.272 e. The quantitative estimate of drug-likeness (QED) is 0.718. The maximum absolute atomic E-state index is 13.0. The van der Waals surface area contributed by atoms with Gasteiger partial charge >= 0.3 is 0 Å². The van der Waals surface area contributed by atoms with E-state index in [4.69, 9.17) is 0 Å². The zero-order chi connectivity index (χ0) is 13.3. The first-order chi connectivity index (χ1) is 8.38. The van der Waals surface area contributed by atoms with E-state index < -0.39 is 5.95 Å². The number of hydrogen-bond acceptors (Lipinski definition) is 2. The van der Waals surface area contributed by atoms with Crippen LogP contribution in [0.15, 0.2) is 18.2 Å². The van der Waals surface area contributed by atoms with Gasteiger partial charge in [0, 0.05) is 13.1 Å². The Balaban J connectivity index is 2.08. The van der Waals surface area contributed by atoms with Crippen molar-refractivity contribution in [2.24, 2.45) is 11.3 Å². The van der Waals surface area contributed by atoms with Crippen molar-refractivity contribution in [3.8, 4) is 0 Å². The van der Waals surface area contributed by atoms with Crippen LogP contribution in [0.25, 0.3) is 0 Å². The second-order valence-corrected chi connectivity index (χ2v) is 5.95. The van der Waals surface area contributed by atoms with Gasteiger partial charge in [0.05, 0.1) is 0 Å². The van der Waals surface area contributed by atoms with Gasteiger partial charge in [0.25, 0.3) is 5.91 Å². The summed E-state index contributed by atoms with van der Waals surface area (Å²) in [6, 6.07) is 4.33. The minimum atomic E-state index is -0.604. The maximum Gasteiger partial charge on any atom is 0.272 e. The number of nitrogens with zero attached hydrogens (tertiary/aromatic N) is 2. The molecule has 1 atom stereocenters. The third-order valence-electron chi connectivity index (χ3n) is 3.63. The molecule has 1 aromatic rings. The van der Waals surface area contributed by atoms with Crippen LogP contribution in [0.2, 0.25) is 0 Å². The Labute approximate surface area is 107 Å². The van der Waals surface area contributed by atoms with E-state index in [1.807, 2.05) is 0 Å². The van der Waals surface area contributed by atoms with Crippen molar-refractivity contribution in [3.63, 3.8) is 0 Å². The fourth-order valence-corrected chi connectivity index (χ4v) is 2.34. The highest BCUT2D eigenvalue weighted by molar-refractivity contribution is 5.92. The van der Waals surface area contributed by atoms with Gasteiger partial charge in [-0.1, -0.05) is 26.8 Å². The van der Waals surface area contributed by atoms with E-state index in [0.717, 1.165) is 19.5 Å². The summed E-state index contributed by atoms with van der Waals surface area (Å²) in [6.45, 7) is 8.03. The Morgan fingerprint density at radius 2 is 2.17 bits per heavy atom. The summed E-state index contributed by atoms with van der Waals surface area (Å²) < 4.78 is 13.0. The molecule has 1 amide bonds. The molecule has 2 heterocycles. The van der Waals surface area contributed by atoms with Gasteiger partial charge in [-0.05, 0) is 29.9 Å². The van der Waals surface area contributed by atoms with Crippen LogP contribution < -0.4 is 0 Å². The fraction of sp³-hybridized carbons (Fsp3) is 0.571. The highest BCUT2D eigenvalue weighted by atomic mass is 19.1. The van der Waals surface area contributed by atoms with Crippen LogP contribution in [0.1, 0.15) is 37.7 Å². The van der Waals surface area contributed by atoms with Crippen molar-refractivity contribution in [2.75, 3.05) is 13.1 Å². The highest BCUT2D eigenvalue weighted by Gasteiger charge is 2.34. The lowest BCUT2D eigenvalue weighted by atomic mass is 9.80. The lowest BCUT2D eigenvalue weighted by Gasteiger charge is -2.26. The first-order valence-electron chi connectivity index (χ1n) is 6.30. The molecule has 4 heteroatoms. The molecule has 1 fully saturated rings. The Morgan fingerprint density at radius 3 is 2.72 bits per heavy atom. The van der Waals surface area contributed by atoms with Crippen LogP contribution in [0.5, 0.6) is 0 Å². The van der Waals surface area contributed by atoms with E-state index in [0.29, 0.717) is 5.92 Å². The summed E-state index contributed by atoms with van der Waals surface area (Å²) in [7, 11) is 0. The topological polar surface area (TPSA) is 33.2 Å². The molecule has 1 aliphatic rings. The molecule has 0 N–H and O–H groups in total. The first kappa shape index (κ1) is 13.0. The van der Waals surface area contributed by atoms with Crippen molar-refractivity contribution >= 4 is 5.91 Å². The van der Waals surface area contributed by atoms with Crippen LogP contribution in [0, 0.1) is 17.3 Å². The molecule has 0 spiro atoms. The monoisotopic (exact) mass is 250 g/mol. The van der Waals surface area contributed by atoms with E-state index >= 15 is 0 Å². The second-order valence-electron chi connectivity index (χ2n) is 5.95. The maximum atomic E-state index is 13.0. The van der Waals surface area contributed by atoms with Crippen LogP contribution >= 0.6 is 0 Å². The van der Waals surface area contributed by atoms with Gasteiger partial charge in [0.15, 0.2) is 0 Å². The van der Waals surface area contributed by atoms with E-state index in [9.17, 15) is 9.18 Å². The zero-order valence-corrected chi connectivity index (χ0v) is 11.1. The van der Waals surface area contributed by atoms with Gasteiger partial charge in [-0.3, -0.25) is 4.79 Å². The summed E-state index contributed by atoms with van der Waals surface area (Å²) in [5.74, 6) is -0.274. The average Bonchev–Trinajstić information content (AvgIpc) is 2.77. The number of likely N-dealkylation sites (tertiary alicyclic amines) is 1. The predicted molar refractivity (Wildman–Crippen MR) is 67.7 cm³/mol. The highest BCUT2D eigenvalue weighted by Crippen LogP contribution is 2.33. The third-order valence-corrected chi connectivity index (χ3v) is 3.63. The summed E-state index contributed by atoms with van der Waals surface area (Å²) in [4.78, 5) is 17.6. The molecular formula is C14H19FN2O. The second kappa shape index (κ2) is 4.67.